The van der Waals surface area contributed by atoms with Gasteiger partial charge in [-0.1, -0.05) is 59.6 Å². The third kappa shape index (κ3) is 8.90. The SMILES string of the molecule is COc1ccc(C2CCN(CC[C@H](CN(CC(=O)NN)C(=O)c3c(OC)c(C#N)cc4ccccc34)c3ccc(Cl)c(Cl)c3)CC2)c([S@+](C)[O-])c1. The highest BCUT2D eigenvalue weighted by atomic mass is 35.5. The van der Waals surface area contributed by atoms with Crippen LogP contribution in [0.2, 0.25) is 10.0 Å². The largest absolute Gasteiger partial charge is 0.612 e. The minimum absolute atomic E-state index is 0.139. The number of ether oxygens (including phenoxy) is 2. The highest BCUT2D eigenvalue weighted by molar-refractivity contribution is 7.90. The third-order valence-electron chi connectivity index (χ3n) is 9.53. The molecule has 4 aromatic rings. The van der Waals surface area contributed by atoms with Crippen molar-refractivity contribution in [1.29, 1.82) is 5.26 Å². The monoisotopic (exact) mass is 749 g/mol. The van der Waals surface area contributed by atoms with E-state index in [1.807, 2.05) is 36.4 Å². The minimum atomic E-state index is -1.14. The van der Waals surface area contributed by atoms with Crippen LogP contribution in [0.3, 0.4) is 0 Å². The molecule has 1 fully saturated rings. The van der Waals surface area contributed by atoms with Gasteiger partial charge in [0.05, 0.1) is 35.4 Å². The molecular formula is C38H41Cl2N5O5S. The summed E-state index contributed by atoms with van der Waals surface area (Å²) >= 11 is 11.6. The fourth-order valence-electron chi connectivity index (χ4n) is 6.86. The quantitative estimate of drug-likeness (QED) is 0.0706. The lowest BCUT2D eigenvalue weighted by Crippen LogP contribution is -2.45. The number of piperidine rings is 1. The fraction of sp³-hybridized carbons (Fsp3) is 0.342. The van der Waals surface area contributed by atoms with Crippen LogP contribution in [0.25, 0.3) is 10.8 Å². The first-order chi connectivity index (χ1) is 24.6. The number of nitrogens with two attached hydrogens (primary N) is 1. The zero-order chi connectivity index (χ0) is 36.7. The number of carbonyl (C=O) groups is 2. The molecule has 0 spiro atoms. The summed E-state index contributed by atoms with van der Waals surface area (Å²) in [5, 5.41) is 12.0. The Balaban J connectivity index is 1.42. The molecule has 51 heavy (non-hydrogen) atoms. The van der Waals surface area contributed by atoms with Crippen LogP contribution in [0, 0.1) is 11.3 Å². The number of hydrogen-bond acceptors (Lipinski definition) is 8. The van der Waals surface area contributed by atoms with Gasteiger partial charge in [0.15, 0.2) is 4.90 Å². The van der Waals surface area contributed by atoms with Crippen LogP contribution in [-0.2, 0) is 16.0 Å². The highest BCUT2D eigenvalue weighted by Gasteiger charge is 2.31. The molecule has 0 aliphatic carbocycles. The summed E-state index contributed by atoms with van der Waals surface area (Å²) in [6.45, 7) is 2.21. The van der Waals surface area contributed by atoms with Gasteiger partial charge in [0, 0.05) is 24.1 Å². The maximum Gasteiger partial charge on any atom is 0.258 e. The Bertz CT molecular complexity index is 1930. The van der Waals surface area contributed by atoms with Crippen molar-refractivity contribution in [1.82, 2.24) is 15.2 Å². The van der Waals surface area contributed by atoms with Gasteiger partial charge in [-0.15, -0.1) is 0 Å². The van der Waals surface area contributed by atoms with Gasteiger partial charge in [0.2, 0.25) is 0 Å². The minimum Gasteiger partial charge on any atom is -0.612 e. The average Bonchev–Trinajstić information content (AvgIpc) is 3.15. The molecule has 1 heterocycles. The molecule has 4 aromatic carbocycles. The molecule has 5 rings (SSSR count). The van der Waals surface area contributed by atoms with Gasteiger partial charge in [-0.2, -0.15) is 5.26 Å². The normalized spacial score (nSPS) is 14.8. The molecule has 2 atom stereocenters. The van der Waals surface area contributed by atoms with Gasteiger partial charge in [-0.3, -0.25) is 15.0 Å². The van der Waals surface area contributed by atoms with Gasteiger partial charge in [-0.25, -0.2) is 5.84 Å². The second kappa shape index (κ2) is 17.5. The zero-order valence-corrected chi connectivity index (χ0v) is 31.1. The van der Waals surface area contributed by atoms with Crippen LogP contribution in [-0.4, -0.2) is 79.4 Å². The smallest absolute Gasteiger partial charge is 0.258 e. The number of rotatable bonds is 13. The van der Waals surface area contributed by atoms with Crippen LogP contribution in [0.15, 0.2) is 71.6 Å². The summed E-state index contributed by atoms with van der Waals surface area (Å²) in [6, 6.07) is 22.3. The van der Waals surface area contributed by atoms with E-state index in [-0.39, 0.29) is 41.8 Å². The summed E-state index contributed by atoms with van der Waals surface area (Å²) < 4.78 is 23.6. The van der Waals surface area contributed by atoms with E-state index in [9.17, 15) is 19.4 Å². The third-order valence-corrected chi connectivity index (χ3v) is 11.2. The molecule has 10 nitrogen and oxygen atoms in total. The second-order valence-corrected chi connectivity index (χ2v) is 14.7. The van der Waals surface area contributed by atoms with Gasteiger partial charge >= 0.3 is 0 Å². The van der Waals surface area contributed by atoms with E-state index in [1.165, 1.54) is 12.0 Å². The number of halogens is 2. The van der Waals surface area contributed by atoms with E-state index in [2.05, 4.69) is 16.4 Å². The predicted octanol–water partition coefficient (Wildman–Crippen LogP) is 6.26. The highest BCUT2D eigenvalue weighted by Crippen LogP contribution is 2.37. The molecule has 13 heteroatoms. The molecule has 268 valence electrons. The molecule has 0 aromatic heterocycles. The van der Waals surface area contributed by atoms with Gasteiger partial charge in [0.25, 0.3) is 11.8 Å². The number of amides is 2. The summed E-state index contributed by atoms with van der Waals surface area (Å²) in [7, 11) is 3.02. The number of fused-ring (bicyclic) bond motifs is 1. The molecule has 3 N–H and O–H groups in total. The molecule has 2 amide bonds. The average molecular weight is 751 g/mol. The number of likely N-dealkylation sites (tertiary alicyclic amines) is 1. The zero-order valence-electron chi connectivity index (χ0n) is 28.8. The number of methoxy groups -OCH3 is 2. The van der Waals surface area contributed by atoms with Crippen LogP contribution >= 0.6 is 23.2 Å². The Labute approximate surface area is 311 Å². The van der Waals surface area contributed by atoms with E-state index < -0.39 is 23.0 Å². The summed E-state index contributed by atoms with van der Waals surface area (Å²) in [6.07, 6.45) is 4.13. The maximum atomic E-state index is 14.6. The van der Waals surface area contributed by atoms with Crippen molar-refractivity contribution in [2.45, 2.75) is 36.0 Å². The van der Waals surface area contributed by atoms with Gasteiger partial charge in [0.1, 0.15) is 30.4 Å². The van der Waals surface area contributed by atoms with Crippen molar-refractivity contribution in [3.8, 4) is 17.6 Å². The lowest BCUT2D eigenvalue weighted by Gasteiger charge is -2.34. The van der Waals surface area contributed by atoms with E-state index >= 15 is 0 Å². The molecule has 1 aliphatic heterocycles. The predicted molar refractivity (Wildman–Crippen MR) is 201 cm³/mol. The number of carbonyl (C=O) groups excluding carboxylic acids is 2. The Morgan fingerprint density at radius 2 is 1.82 bits per heavy atom. The van der Waals surface area contributed by atoms with Crippen molar-refractivity contribution in [2.75, 3.05) is 53.2 Å². The Hall–Kier alpha value is -4.02. The number of hydrogen-bond donors (Lipinski definition) is 2. The van der Waals surface area contributed by atoms with Crippen molar-refractivity contribution < 1.29 is 23.6 Å². The van der Waals surface area contributed by atoms with Gasteiger partial charge < -0.3 is 23.8 Å². The first kappa shape index (κ1) is 38.2. The molecule has 0 bridgehead atoms. The first-order valence-corrected chi connectivity index (χ1v) is 18.9. The maximum absolute atomic E-state index is 14.6. The number of hydrazine groups is 1. The summed E-state index contributed by atoms with van der Waals surface area (Å²) in [5.74, 6) is 5.34. The van der Waals surface area contributed by atoms with Crippen LogP contribution in [0.4, 0.5) is 0 Å². The van der Waals surface area contributed by atoms with E-state index in [1.54, 1.807) is 43.7 Å². The molecule has 0 unspecified atom stereocenters. The van der Waals surface area contributed by atoms with Crippen molar-refractivity contribution in [3.05, 3.63) is 99.0 Å². The van der Waals surface area contributed by atoms with Crippen molar-refractivity contribution in [3.63, 3.8) is 0 Å². The van der Waals surface area contributed by atoms with Crippen molar-refractivity contribution >= 4 is 57.0 Å². The molecule has 0 radical (unpaired) electrons. The summed E-state index contributed by atoms with van der Waals surface area (Å²) in [4.78, 5) is 32.0. The summed E-state index contributed by atoms with van der Waals surface area (Å²) in [5.41, 5.74) is 4.51. The van der Waals surface area contributed by atoms with E-state index in [0.717, 1.165) is 42.0 Å². The molecule has 1 saturated heterocycles. The number of nitriles is 1. The van der Waals surface area contributed by atoms with Gasteiger partial charge in [-0.05, 0) is 96.6 Å². The van der Waals surface area contributed by atoms with Crippen molar-refractivity contribution in [2.24, 2.45) is 5.84 Å². The first-order valence-electron chi connectivity index (χ1n) is 16.6. The van der Waals surface area contributed by atoms with E-state index in [4.69, 9.17) is 38.5 Å². The molecular weight excluding hydrogens is 709 g/mol. The number of nitrogens with zero attached hydrogens (tertiary/aromatic N) is 3. The lowest BCUT2D eigenvalue weighted by atomic mass is 9.88. The Kier molecular flexibility index (Phi) is 13.1. The topological polar surface area (TPSA) is 144 Å². The standard InChI is InChI=1S/C38H41Cl2N5O5S/c1-49-29-9-10-30(34(20-29)51(3)48)24-12-15-44(16-13-24)17-14-27(25-8-11-32(39)33(40)19-25)22-45(23-35(46)43-42)38(47)36-31-7-5-4-6-26(31)18-28(21-41)37(36)50-2/h4-11,18-20,24,27H,12-17,22-23,42H2,1-3H3,(H,43,46)/t27-,51+/m1/s1. The van der Waals surface area contributed by atoms with Crippen LogP contribution in [0.1, 0.15) is 58.1 Å². The number of benzene rings is 4. The molecule has 1 aliphatic rings. The van der Waals surface area contributed by atoms with E-state index in [0.29, 0.717) is 39.5 Å². The Morgan fingerprint density at radius 3 is 2.47 bits per heavy atom. The fourth-order valence-corrected chi connectivity index (χ4v) is 8.02. The molecule has 0 saturated carbocycles. The van der Waals surface area contributed by atoms with Crippen LogP contribution in [0.5, 0.6) is 11.5 Å². The number of nitrogens with one attached hydrogen (secondary N) is 1. The second-order valence-electron chi connectivity index (χ2n) is 12.6. The Morgan fingerprint density at radius 1 is 1.08 bits per heavy atom. The lowest BCUT2D eigenvalue weighted by molar-refractivity contribution is -0.121. The van der Waals surface area contributed by atoms with Crippen LogP contribution < -0.4 is 20.7 Å².